The summed E-state index contributed by atoms with van der Waals surface area (Å²) in [6, 6.07) is 3.64. The number of hydrogen-bond acceptors (Lipinski definition) is 4. The van der Waals surface area contributed by atoms with E-state index in [0.717, 1.165) is 30.8 Å². The van der Waals surface area contributed by atoms with Gasteiger partial charge in [-0.1, -0.05) is 6.07 Å². The van der Waals surface area contributed by atoms with Crippen LogP contribution in [0.2, 0.25) is 0 Å². The lowest BCUT2D eigenvalue weighted by Crippen LogP contribution is -2.49. The van der Waals surface area contributed by atoms with E-state index in [1.165, 1.54) is 0 Å². The molecule has 2 heterocycles. The predicted octanol–water partition coefficient (Wildman–Crippen LogP) is 1.30. The molecule has 1 aliphatic heterocycles. The van der Waals surface area contributed by atoms with Gasteiger partial charge in [-0.25, -0.2) is 0 Å². The molecule has 4 nitrogen and oxygen atoms in total. The summed E-state index contributed by atoms with van der Waals surface area (Å²) in [4.78, 5) is 17.4. The first-order valence-corrected chi connectivity index (χ1v) is 7.21. The van der Waals surface area contributed by atoms with Gasteiger partial charge in [-0.05, 0) is 37.9 Å². The molecule has 0 saturated carbocycles. The Hall–Kier alpha value is -0.910. The second-order valence-electron chi connectivity index (χ2n) is 5.00. The van der Waals surface area contributed by atoms with Crippen LogP contribution in [0.15, 0.2) is 17.5 Å². The maximum absolute atomic E-state index is 12.3. The van der Waals surface area contributed by atoms with Crippen LogP contribution in [0.25, 0.3) is 0 Å². The standard InChI is InChI=1S/C13H21N3OS/c1-15-7-3-5-10(9-15)16(2)13(17)12(14)11-6-4-8-18-11/h4,6,8,10,12H,3,5,7,9,14H2,1-2H3. The minimum absolute atomic E-state index is 0.0257. The van der Waals surface area contributed by atoms with Gasteiger partial charge in [0.05, 0.1) is 0 Å². The smallest absolute Gasteiger partial charge is 0.244 e. The third kappa shape index (κ3) is 2.91. The van der Waals surface area contributed by atoms with Gasteiger partial charge >= 0.3 is 0 Å². The molecular weight excluding hydrogens is 246 g/mol. The van der Waals surface area contributed by atoms with Crippen molar-refractivity contribution in [1.29, 1.82) is 0 Å². The van der Waals surface area contributed by atoms with Crippen LogP contribution in [0.3, 0.4) is 0 Å². The number of likely N-dealkylation sites (N-methyl/N-ethyl adjacent to an activating group) is 2. The minimum atomic E-state index is -0.512. The number of likely N-dealkylation sites (tertiary alicyclic amines) is 1. The molecule has 1 saturated heterocycles. The van der Waals surface area contributed by atoms with Crippen LogP contribution in [-0.4, -0.2) is 48.9 Å². The van der Waals surface area contributed by atoms with Crippen molar-refractivity contribution < 1.29 is 4.79 Å². The Kier molecular flexibility index (Phi) is 4.37. The van der Waals surface area contributed by atoms with Gasteiger partial charge in [-0.15, -0.1) is 11.3 Å². The molecule has 1 fully saturated rings. The second kappa shape index (κ2) is 5.82. The Morgan fingerprint density at radius 3 is 3.06 bits per heavy atom. The van der Waals surface area contributed by atoms with Crippen molar-refractivity contribution >= 4 is 17.2 Å². The summed E-state index contributed by atoms with van der Waals surface area (Å²) in [5, 5.41) is 1.96. The van der Waals surface area contributed by atoms with E-state index >= 15 is 0 Å². The van der Waals surface area contributed by atoms with Gasteiger partial charge in [0.15, 0.2) is 0 Å². The van der Waals surface area contributed by atoms with Crippen LogP contribution in [0.4, 0.5) is 0 Å². The van der Waals surface area contributed by atoms with Crippen molar-refractivity contribution in [2.24, 2.45) is 5.73 Å². The Labute approximate surface area is 112 Å². The largest absolute Gasteiger partial charge is 0.340 e. The van der Waals surface area contributed by atoms with Gasteiger partial charge < -0.3 is 15.5 Å². The highest BCUT2D eigenvalue weighted by atomic mass is 32.1. The number of carbonyl (C=O) groups excluding carboxylic acids is 1. The summed E-state index contributed by atoms with van der Waals surface area (Å²) in [5.74, 6) is 0.0257. The first kappa shape index (κ1) is 13.5. The molecule has 1 aromatic rings. The number of piperidine rings is 1. The summed E-state index contributed by atoms with van der Waals surface area (Å²) < 4.78 is 0. The van der Waals surface area contributed by atoms with Crippen molar-refractivity contribution in [3.63, 3.8) is 0 Å². The van der Waals surface area contributed by atoms with Gasteiger partial charge in [0, 0.05) is 24.5 Å². The molecule has 5 heteroatoms. The van der Waals surface area contributed by atoms with Gasteiger partial charge in [-0.2, -0.15) is 0 Å². The van der Waals surface area contributed by atoms with Crippen LogP contribution in [0.1, 0.15) is 23.8 Å². The molecule has 0 spiro atoms. The highest BCUT2D eigenvalue weighted by molar-refractivity contribution is 7.10. The number of rotatable bonds is 3. The zero-order valence-corrected chi connectivity index (χ0v) is 11.8. The van der Waals surface area contributed by atoms with Crippen LogP contribution in [0, 0.1) is 0 Å². The SMILES string of the molecule is CN1CCCC(N(C)C(=O)C(N)c2cccs2)C1. The van der Waals surface area contributed by atoms with Crippen molar-refractivity contribution in [3.05, 3.63) is 22.4 Å². The van der Waals surface area contributed by atoms with Gasteiger partial charge in [-0.3, -0.25) is 4.79 Å². The maximum atomic E-state index is 12.3. The fourth-order valence-electron chi connectivity index (χ4n) is 2.44. The van der Waals surface area contributed by atoms with Crippen LogP contribution >= 0.6 is 11.3 Å². The Morgan fingerprint density at radius 2 is 2.44 bits per heavy atom. The molecule has 100 valence electrons. The lowest BCUT2D eigenvalue weighted by atomic mass is 10.0. The Balaban J connectivity index is 1.99. The number of carbonyl (C=O) groups is 1. The van der Waals surface area contributed by atoms with Gasteiger partial charge in [0.25, 0.3) is 0 Å². The number of nitrogens with zero attached hydrogens (tertiary/aromatic N) is 2. The average Bonchev–Trinajstić information content (AvgIpc) is 2.90. The third-order valence-corrected chi connectivity index (χ3v) is 4.57. The molecule has 2 atom stereocenters. The lowest BCUT2D eigenvalue weighted by Gasteiger charge is -2.36. The molecule has 1 amide bonds. The van der Waals surface area contributed by atoms with E-state index in [4.69, 9.17) is 5.73 Å². The zero-order chi connectivity index (χ0) is 13.1. The minimum Gasteiger partial charge on any atom is -0.340 e. The number of thiophene rings is 1. The Morgan fingerprint density at radius 1 is 1.67 bits per heavy atom. The molecule has 1 aromatic heterocycles. The fourth-order valence-corrected chi connectivity index (χ4v) is 3.16. The number of amides is 1. The molecule has 0 radical (unpaired) electrons. The van der Waals surface area contributed by atoms with E-state index in [-0.39, 0.29) is 5.91 Å². The number of nitrogens with two attached hydrogens (primary N) is 1. The molecule has 2 unspecified atom stereocenters. The van der Waals surface area contributed by atoms with Crippen molar-refractivity contribution in [3.8, 4) is 0 Å². The summed E-state index contributed by atoms with van der Waals surface area (Å²) >= 11 is 1.54. The summed E-state index contributed by atoms with van der Waals surface area (Å²) in [5.41, 5.74) is 6.03. The first-order chi connectivity index (χ1) is 8.59. The molecule has 0 aromatic carbocycles. The van der Waals surface area contributed by atoms with E-state index in [9.17, 15) is 4.79 Å². The quantitative estimate of drug-likeness (QED) is 0.898. The molecule has 18 heavy (non-hydrogen) atoms. The van der Waals surface area contributed by atoms with Crippen LogP contribution < -0.4 is 5.73 Å². The molecule has 0 bridgehead atoms. The summed E-state index contributed by atoms with van der Waals surface area (Å²) in [6.07, 6.45) is 2.22. The van der Waals surface area contributed by atoms with E-state index in [1.54, 1.807) is 11.3 Å². The second-order valence-corrected chi connectivity index (χ2v) is 5.98. The molecule has 2 rings (SSSR count). The van der Waals surface area contributed by atoms with E-state index < -0.39 is 6.04 Å². The van der Waals surface area contributed by atoms with E-state index in [1.807, 2.05) is 29.5 Å². The highest BCUT2D eigenvalue weighted by Crippen LogP contribution is 2.21. The van der Waals surface area contributed by atoms with Crippen LogP contribution in [-0.2, 0) is 4.79 Å². The van der Waals surface area contributed by atoms with Crippen molar-refractivity contribution in [1.82, 2.24) is 9.80 Å². The maximum Gasteiger partial charge on any atom is 0.244 e. The molecular formula is C13H21N3OS. The number of hydrogen-bond donors (Lipinski definition) is 1. The molecule has 2 N–H and O–H groups in total. The highest BCUT2D eigenvalue weighted by Gasteiger charge is 2.28. The third-order valence-electron chi connectivity index (χ3n) is 3.61. The van der Waals surface area contributed by atoms with Gasteiger partial charge in [0.1, 0.15) is 6.04 Å². The fraction of sp³-hybridized carbons (Fsp3) is 0.615. The normalized spacial score (nSPS) is 22.7. The average molecular weight is 267 g/mol. The first-order valence-electron chi connectivity index (χ1n) is 6.34. The molecule has 1 aliphatic rings. The monoisotopic (exact) mass is 267 g/mol. The molecule has 0 aliphatic carbocycles. The van der Waals surface area contributed by atoms with Gasteiger partial charge in [0.2, 0.25) is 5.91 Å². The van der Waals surface area contributed by atoms with Crippen LogP contribution in [0.5, 0.6) is 0 Å². The van der Waals surface area contributed by atoms with Crippen molar-refractivity contribution in [2.45, 2.75) is 24.9 Å². The topological polar surface area (TPSA) is 49.6 Å². The summed E-state index contributed by atoms with van der Waals surface area (Å²) in [7, 11) is 3.98. The van der Waals surface area contributed by atoms with E-state index in [2.05, 4.69) is 11.9 Å². The van der Waals surface area contributed by atoms with Crippen molar-refractivity contribution in [2.75, 3.05) is 27.2 Å². The summed E-state index contributed by atoms with van der Waals surface area (Å²) in [6.45, 7) is 2.06. The predicted molar refractivity (Wildman–Crippen MR) is 74.5 cm³/mol. The Bertz CT molecular complexity index is 393. The van der Waals surface area contributed by atoms with E-state index in [0.29, 0.717) is 6.04 Å². The lowest BCUT2D eigenvalue weighted by molar-refractivity contribution is -0.134. The zero-order valence-electron chi connectivity index (χ0n) is 11.0.